The molecule has 3 aromatic rings. The molecule has 1 aromatic heterocycles. The highest BCUT2D eigenvalue weighted by Gasteiger charge is 2.16. The Bertz CT molecular complexity index is 1030. The van der Waals surface area contributed by atoms with Crippen LogP contribution in [-0.2, 0) is 10.0 Å². The van der Waals surface area contributed by atoms with Crippen molar-refractivity contribution in [2.24, 2.45) is 0 Å². The molecule has 3 rings (SSSR count). The summed E-state index contributed by atoms with van der Waals surface area (Å²) in [5.74, 6) is -0.244. The molecule has 0 saturated carbocycles. The Hall–Kier alpha value is -2.71. The number of aromatic nitrogens is 1. The minimum absolute atomic E-state index is 0.244. The summed E-state index contributed by atoms with van der Waals surface area (Å²) in [5.41, 5.74) is 2.64. The zero-order valence-electron chi connectivity index (χ0n) is 14.2. The number of carbonyl (C=O) groups is 1. The Kier molecular flexibility index (Phi) is 5.06. The maximum absolute atomic E-state index is 12.5. The highest BCUT2D eigenvalue weighted by Crippen LogP contribution is 2.28. The van der Waals surface area contributed by atoms with E-state index in [0.717, 1.165) is 16.8 Å². The number of hydrogen-bond acceptors (Lipinski definition) is 5. The molecule has 0 bridgehead atoms. The second-order valence-corrected chi connectivity index (χ2v) is 8.45. The third-order valence-corrected chi connectivity index (χ3v) is 5.28. The van der Waals surface area contributed by atoms with Gasteiger partial charge in [-0.15, -0.1) is 11.3 Å². The summed E-state index contributed by atoms with van der Waals surface area (Å²) in [5, 5.41) is 3.60. The standard InChI is InChI=1S/C18H17N3O3S2/c1-12-16(25-18(19-12)13-6-4-3-5-7-13)17(22)20-14-8-10-15(11-9-14)21-26(2,23)24/h3-11,21H,1-2H3,(H,20,22). The molecule has 0 atom stereocenters. The van der Waals surface area contributed by atoms with Crippen molar-refractivity contribution in [3.8, 4) is 10.6 Å². The number of nitrogens with one attached hydrogen (secondary N) is 2. The first-order valence-corrected chi connectivity index (χ1v) is 10.4. The number of aryl methyl sites for hydroxylation is 1. The Labute approximate surface area is 156 Å². The summed E-state index contributed by atoms with van der Waals surface area (Å²) in [4.78, 5) is 17.6. The molecule has 134 valence electrons. The molecule has 0 radical (unpaired) electrons. The van der Waals surface area contributed by atoms with Crippen LogP contribution >= 0.6 is 11.3 Å². The van der Waals surface area contributed by atoms with Crippen LogP contribution in [0, 0.1) is 6.92 Å². The van der Waals surface area contributed by atoms with Crippen molar-refractivity contribution in [2.45, 2.75) is 6.92 Å². The highest BCUT2D eigenvalue weighted by atomic mass is 32.2. The van der Waals surface area contributed by atoms with Gasteiger partial charge in [-0.3, -0.25) is 9.52 Å². The van der Waals surface area contributed by atoms with Gasteiger partial charge in [-0.05, 0) is 31.2 Å². The normalized spacial score (nSPS) is 11.2. The average molecular weight is 387 g/mol. The number of thiazole rings is 1. The van der Waals surface area contributed by atoms with E-state index in [1.54, 1.807) is 31.2 Å². The van der Waals surface area contributed by atoms with E-state index in [1.165, 1.54) is 11.3 Å². The van der Waals surface area contributed by atoms with Crippen LogP contribution in [0.4, 0.5) is 11.4 Å². The third kappa shape index (κ3) is 4.47. The van der Waals surface area contributed by atoms with Crippen LogP contribution in [0.2, 0.25) is 0 Å². The van der Waals surface area contributed by atoms with E-state index in [1.807, 2.05) is 30.3 Å². The van der Waals surface area contributed by atoms with Crippen LogP contribution in [0.1, 0.15) is 15.4 Å². The molecule has 0 aliphatic carbocycles. The third-order valence-electron chi connectivity index (χ3n) is 3.47. The molecular formula is C18H17N3O3S2. The fourth-order valence-corrected chi connectivity index (χ4v) is 3.87. The molecule has 0 aliphatic heterocycles. The smallest absolute Gasteiger partial charge is 0.267 e. The van der Waals surface area contributed by atoms with E-state index in [9.17, 15) is 13.2 Å². The first-order chi connectivity index (χ1) is 12.3. The predicted octanol–water partition coefficient (Wildman–Crippen LogP) is 3.74. The first-order valence-electron chi connectivity index (χ1n) is 7.74. The monoisotopic (exact) mass is 387 g/mol. The molecule has 1 amide bonds. The minimum Gasteiger partial charge on any atom is -0.321 e. The molecular weight excluding hydrogens is 370 g/mol. The van der Waals surface area contributed by atoms with E-state index in [0.29, 0.717) is 21.9 Å². The summed E-state index contributed by atoms with van der Waals surface area (Å²) in [7, 11) is -3.33. The van der Waals surface area contributed by atoms with E-state index in [-0.39, 0.29) is 5.91 Å². The molecule has 6 nitrogen and oxygen atoms in total. The molecule has 0 fully saturated rings. The van der Waals surface area contributed by atoms with Gasteiger partial charge in [0.05, 0.1) is 11.9 Å². The highest BCUT2D eigenvalue weighted by molar-refractivity contribution is 7.92. The van der Waals surface area contributed by atoms with Crippen LogP contribution < -0.4 is 10.0 Å². The van der Waals surface area contributed by atoms with Gasteiger partial charge in [0.2, 0.25) is 10.0 Å². The first kappa shape index (κ1) is 18.1. The van der Waals surface area contributed by atoms with Gasteiger partial charge in [-0.1, -0.05) is 30.3 Å². The molecule has 0 saturated heterocycles. The van der Waals surface area contributed by atoms with Crippen LogP contribution in [-0.4, -0.2) is 25.6 Å². The Morgan fingerprint density at radius 3 is 2.23 bits per heavy atom. The Morgan fingerprint density at radius 1 is 1.00 bits per heavy atom. The Balaban J connectivity index is 1.75. The molecule has 0 aliphatic rings. The summed E-state index contributed by atoms with van der Waals surface area (Å²) in [6.45, 7) is 1.80. The van der Waals surface area contributed by atoms with Crippen molar-refractivity contribution in [2.75, 3.05) is 16.3 Å². The Morgan fingerprint density at radius 2 is 1.62 bits per heavy atom. The van der Waals surface area contributed by atoms with Crippen molar-refractivity contribution in [3.05, 3.63) is 65.2 Å². The second-order valence-electron chi connectivity index (χ2n) is 5.71. The number of sulfonamides is 1. The lowest BCUT2D eigenvalue weighted by Gasteiger charge is -2.07. The fourth-order valence-electron chi connectivity index (χ4n) is 2.33. The number of benzene rings is 2. The van der Waals surface area contributed by atoms with Gasteiger partial charge in [-0.2, -0.15) is 0 Å². The van der Waals surface area contributed by atoms with Crippen LogP contribution in [0.3, 0.4) is 0 Å². The van der Waals surface area contributed by atoms with Crippen LogP contribution in [0.25, 0.3) is 10.6 Å². The topological polar surface area (TPSA) is 88.2 Å². The van der Waals surface area contributed by atoms with E-state index >= 15 is 0 Å². The van der Waals surface area contributed by atoms with E-state index in [2.05, 4.69) is 15.0 Å². The predicted molar refractivity (Wildman–Crippen MR) is 105 cm³/mol. The average Bonchev–Trinajstić information content (AvgIpc) is 2.98. The van der Waals surface area contributed by atoms with E-state index < -0.39 is 10.0 Å². The molecule has 2 aromatic carbocycles. The molecule has 8 heteroatoms. The zero-order chi connectivity index (χ0) is 18.7. The second kappa shape index (κ2) is 7.27. The number of carbonyl (C=O) groups excluding carboxylic acids is 1. The van der Waals surface area contributed by atoms with Gasteiger partial charge < -0.3 is 5.32 Å². The van der Waals surface area contributed by atoms with Crippen molar-refractivity contribution in [1.29, 1.82) is 0 Å². The fraction of sp³-hybridized carbons (Fsp3) is 0.111. The van der Waals surface area contributed by atoms with E-state index in [4.69, 9.17) is 0 Å². The van der Waals surface area contributed by atoms with Gasteiger partial charge in [0, 0.05) is 16.9 Å². The van der Waals surface area contributed by atoms with Gasteiger partial charge >= 0.3 is 0 Å². The van der Waals surface area contributed by atoms with Crippen molar-refractivity contribution in [3.63, 3.8) is 0 Å². The van der Waals surface area contributed by atoms with Gasteiger partial charge in [0.1, 0.15) is 9.88 Å². The molecule has 26 heavy (non-hydrogen) atoms. The van der Waals surface area contributed by atoms with Crippen LogP contribution in [0.5, 0.6) is 0 Å². The van der Waals surface area contributed by atoms with Gasteiger partial charge in [-0.25, -0.2) is 13.4 Å². The number of amides is 1. The summed E-state index contributed by atoms with van der Waals surface area (Å²) in [6, 6.07) is 16.1. The lowest BCUT2D eigenvalue weighted by molar-refractivity contribution is 0.103. The molecule has 2 N–H and O–H groups in total. The molecule has 1 heterocycles. The summed E-state index contributed by atoms with van der Waals surface area (Å²) < 4.78 is 24.8. The summed E-state index contributed by atoms with van der Waals surface area (Å²) >= 11 is 1.34. The summed E-state index contributed by atoms with van der Waals surface area (Å²) in [6.07, 6.45) is 1.08. The lowest BCUT2D eigenvalue weighted by Crippen LogP contribution is -2.12. The minimum atomic E-state index is -3.33. The van der Waals surface area contributed by atoms with Crippen molar-refractivity contribution in [1.82, 2.24) is 4.98 Å². The number of anilines is 2. The van der Waals surface area contributed by atoms with Crippen molar-refractivity contribution < 1.29 is 13.2 Å². The lowest BCUT2D eigenvalue weighted by atomic mass is 10.2. The number of nitrogens with zero attached hydrogens (tertiary/aromatic N) is 1. The SMILES string of the molecule is Cc1nc(-c2ccccc2)sc1C(=O)Nc1ccc(NS(C)(=O)=O)cc1. The van der Waals surface area contributed by atoms with Gasteiger partial charge in [0.15, 0.2) is 0 Å². The van der Waals surface area contributed by atoms with Crippen molar-refractivity contribution >= 4 is 38.6 Å². The molecule has 0 spiro atoms. The largest absolute Gasteiger partial charge is 0.321 e. The number of hydrogen-bond donors (Lipinski definition) is 2. The quantitative estimate of drug-likeness (QED) is 0.698. The van der Waals surface area contributed by atoms with Gasteiger partial charge in [0.25, 0.3) is 5.91 Å². The molecule has 0 unspecified atom stereocenters. The maximum atomic E-state index is 12.5. The zero-order valence-corrected chi connectivity index (χ0v) is 15.8. The number of rotatable bonds is 5. The van der Waals surface area contributed by atoms with Crippen LogP contribution in [0.15, 0.2) is 54.6 Å². The maximum Gasteiger partial charge on any atom is 0.267 e.